The van der Waals surface area contributed by atoms with Crippen LogP contribution in [0, 0.1) is 0 Å². The highest BCUT2D eigenvalue weighted by Crippen LogP contribution is 2.46. The fourth-order valence-corrected chi connectivity index (χ4v) is 14.8. The predicted molar refractivity (Wildman–Crippen MR) is 310 cm³/mol. The van der Waals surface area contributed by atoms with Gasteiger partial charge in [-0.15, -0.1) is 34.0 Å². The molecule has 0 spiro atoms. The fourth-order valence-electron chi connectivity index (χ4n) is 11.4. The van der Waals surface area contributed by atoms with Crippen LogP contribution in [0.4, 0.5) is 0 Å². The van der Waals surface area contributed by atoms with Crippen molar-refractivity contribution in [3.05, 3.63) is 218 Å². The van der Waals surface area contributed by atoms with Crippen LogP contribution in [-0.4, -0.2) is 19.5 Å². The summed E-state index contributed by atoms with van der Waals surface area (Å²) in [4.78, 5) is 16.7. The second kappa shape index (κ2) is 15.5. The summed E-state index contributed by atoms with van der Waals surface area (Å²) in [7, 11) is 0. The van der Waals surface area contributed by atoms with E-state index in [0.29, 0.717) is 17.5 Å². The molecule has 0 unspecified atom stereocenters. The van der Waals surface area contributed by atoms with Crippen molar-refractivity contribution in [2.45, 2.75) is 0 Å². The van der Waals surface area contributed by atoms with Gasteiger partial charge in [-0.1, -0.05) is 146 Å². The fraction of sp³-hybridized carbons (Fsp3) is 0. The van der Waals surface area contributed by atoms with Crippen molar-refractivity contribution in [3.63, 3.8) is 0 Å². The van der Waals surface area contributed by atoms with E-state index in [1.54, 1.807) is 0 Å². The lowest BCUT2D eigenvalue weighted by molar-refractivity contribution is 1.08. The van der Waals surface area contributed by atoms with E-state index in [-0.39, 0.29) is 0 Å². The lowest BCUT2D eigenvalue weighted by Crippen LogP contribution is -2.02. The van der Waals surface area contributed by atoms with Crippen molar-refractivity contribution in [1.29, 1.82) is 0 Å². The van der Waals surface area contributed by atoms with Gasteiger partial charge in [-0.3, -0.25) is 0 Å². The molecule has 5 aromatic heterocycles. The zero-order valence-electron chi connectivity index (χ0n) is 38.3. The van der Waals surface area contributed by atoms with Gasteiger partial charge in [0.1, 0.15) is 0 Å². The quantitative estimate of drug-likeness (QED) is 0.173. The van der Waals surface area contributed by atoms with Gasteiger partial charge in [0.25, 0.3) is 0 Å². The predicted octanol–water partition coefficient (Wildman–Crippen LogP) is 19.0. The number of hydrogen-bond acceptors (Lipinski definition) is 6. The monoisotopic (exact) mass is 968 g/mol. The van der Waals surface area contributed by atoms with Gasteiger partial charge < -0.3 is 4.57 Å². The molecule has 0 amide bonds. The van der Waals surface area contributed by atoms with E-state index in [1.165, 1.54) is 82.1 Å². The molecule has 0 bridgehead atoms. The highest BCUT2D eigenvalue weighted by Gasteiger charge is 2.23. The smallest absolute Gasteiger partial charge is 0.164 e. The van der Waals surface area contributed by atoms with Crippen LogP contribution in [0.25, 0.3) is 155 Å². The van der Waals surface area contributed by atoms with Gasteiger partial charge in [0.15, 0.2) is 17.5 Å². The molecule has 7 heteroatoms. The Balaban J connectivity index is 1.01. The maximum absolute atomic E-state index is 5.59. The summed E-state index contributed by atoms with van der Waals surface area (Å²) in [5.41, 5.74) is 8.46. The van der Waals surface area contributed by atoms with Gasteiger partial charge in [-0.2, -0.15) is 0 Å². The van der Waals surface area contributed by atoms with Crippen molar-refractivity contribution in [2.24, 2.45) is 0 Å². The van der Waals surface area contributed by atoms with Crippen molar-refractivity contribution >= 4 is 138 Å². The molecule has 72 heavy (non-hydrogen) atoms. The third-order valence-electron chi connectivity index (χ3n) is 14.6. The maximum Gasteiger partial charge on any atom is 0.164 e. The van der Waals surface area contributed by atoms with Crippen LogP contribution >= 0.6 is 34.0 Å². The molecule has 4 nitrogen and oxygen atoms in total. The normalized spacial score (nSPS) is 12.2. The Kier molecular flexibility index (Phi) is 8.62. The molecule has 16 aromatic rings. The number of fused-ring (bicyclic) bond motifs is 15. The molecule has 16 rings (SSSR count). The molecule has 0 radical (unpaired) electrons. The number of aromatic nitrogens is 4. The molecular weight excluding hydrogens is 933 g/mol. The molecule has 0 saturated carbocycles. The van der Waals surface area contributed by atoms with E-state index in [1.807, 2.05) is 34.0 Å². The summed E-state index contributed by atoms with van der Waals surface area (Å²) in [6.07, 6.45) is 0. The Morgan fingerprint density at radius 1 is 0.278 bits per heavy atom. The molecule has 0 aliphatic rings. The highest BCUT2D eigenvalue weighted by molar-refractivity contribution is 7.26. The van der Waals surface area contributed by atoms with Crippen molar-refractivity contribution < 1.29 is 0 Å². The molecule has 0 aliphatic heterocycles. The third kappa shape index (κ3) is 5.99. The third-order valence-corrected chi connectivity index (χ3v) is 18.0. The molecule has 0 aliphatic carbocycles. The van der Waals surface area contributed by atoms with E-state index in [2.05, 4.69) is 223 Å². The standard InChI is InChI=1S/C65H36N4S3/c1-2-15-39-34-53-51(33-38(39)14-1)60-42-16-4-3-13-37(42)28-32-52(60)69(53)41-29-31-45(50(36-41)40-27-30-44-43-17-5-8-22-54(43)72-59(44)35-40)63-66-64(48-20-11-25-57-61(48)46-18-6-9-23-55(46)70-57)68-65(67-63)49-21-12-26-58-62(49)47-19-7-10-24-56(47)71-58/h1-36H. The maximum atomic E-state index is 5.59. The zero-order valence-corrected chi connectivity index (χ0v) is 40.7. The Morgan fingerprint density at radius 2 is 0.806 bits per heavy atom. The van der Waals surface area contributed by atoms with E-state index in [9.17, 15) is 0 Å². The lowest BCUT2D eigenvalue weighted by Gasteiger charge is -2.16. The Morgan fingerprint density at radius 3 is 1.49 bits per heavy atom. The van der Waals surface area contributed by atoms with Gasteiger partial charge >= 0.3 is 0 Å². The molecule has 0 atom stereocenters. The summed E-state index contributed by atoms with van der Waals surface area (Å²) < 4.78 is 9.87. The minimum Gasteiger partial charge on any atom is -0.309 e. The average Bonchev–Trinajstić information content (AvgIpc) is 4.21. The van der Waals surface area contributed by atoms with Crippen LogP contribution in [-0.2, 0) is 0 Å². The second-order valence-corrected chi connectivity index (χ2v) is 21.9. The molecule has 334 valence electrons. The molecule has 0 saturated heterocycles. The number of hydrogen-bond donors (Lipinski definition) is 0. The van der Waals surface area contributed by atoms with E-state index in [0.717, 1.165) is 55.3 Å². The van der Waals surface area contributed by atoms with E-state index < -0.39 is 0 Å². The van der Waals surface area contributed by atoms with Gasteiger partial charge in [0, 0.05) is 93.7 Å². The first-order chi connectivity index (χ1) is 35.7. The number of benzene rings is 11. The first-order valence-corrected chi connectivity index (χ1v) is 26.6. The SMILES string of the molecule is c1ccc2cc3c(cc2c1)c1c2ccccc2ccc1n3-c1ccc(-c2nc(-c3cccc4sc5ccccc5c34)nc(-c3cccc4sc5ccccc5c34)n2)c(-c2ccc3c(c2)sc2ccccc23)c1. The summed E-state index contributed by atoms with van der Waals surface area (Å²) in [5, 5.41) is 14.7. The molecule has 0 fully saturated rings. The largest absolute Gasteiger partial charge is 0.309 e. The topological polar surface area (TPSA) is 43.6 Å². The van der Waals surface area contributed by atoms with Crippen LogP contribution in [0.3, 0.4) is 0 Å². The first kappa shape index (κ1) is 40.2. The van der Waals surface area contributed by atoms with Crippen molar-refractivity contribution in [3.8, 4) is 51.0 Å². The summed E-state index contributed by atoms with van der Waals surface area (Å²) in [6.45, 7) is 0. The summed E-state index contributed by atoms with van der Waals surface area (Å²) in [6, 6.07) is 79.8. The Labute approximate surface area is 424 Å². The van der Waals surface area contributed by atoms with Gasteiger partial charge in [-0.05, 0) is 105 Å². The van der Waals surface area contributed by atoms with Crippen molar-refractivity contribution in [2.75, 3.05) is 0 Å². The second-order valence-electron chi connectivity index (χ2n) is 18.6. The van der Waals surface area contributed by atoms with E-state index in [4.69, 9.17) is 15.0 Å². The molecule has 0 N–H and O–H groups in total. The zero-order chi connectivity index (χ0) is 47.0. The van der Waals surface area contributed by atoms with Crippen LogP contribution in [0.5, 0.6) is 0 Å². The number of thiophene rings is 3. The average molecular weight is 969 g/mol. The van der Waals surface area contributed by atoms with Gasteiger partial charge in [0.2, 0.25) is 0 Å². The number of nitrogens with zero attached hydrogens (tertiary/aromatic N) is 4. The molecule has 5 heterocycles. The van der Waals surface area contributed by atoms with Crippen LogP contribution in [0.2, 0.25) is 0 Å². The Bertz CT molecular complexity index is 4820. The lowest BCUT2D eigenvalue weighted by atomic mass is 9.96. The van der Waals surface area contributed by atoms with Crippen LogP contribution < -0.4 is 0 Å². The molecule has 11 aromatic carbocycles. The Hall–Kier alpha value is -8.59. The van der Waals surface area contributed by atoms with Crippen LogP contribution in [0.1, 0.15) is 0 Å². The summed E-state index contributed by atoms with van der Waals surface area (Å²) in [5.74, 6) is 1.92. The first-order valence-electron chi connectivity index (χ1n) is 24.2. The minimum absolute atomic E-state index is 0.625. The molecular formula is C65H36N4S3. The van der Waals surface area contributed by atoms with Gasteiger partial charge in [0.05, 0.1) is 11.0 Å². The van der Waals surface area contributed by atoms with Crippen LogP contribution in [0.15, 0.2) is 218 Å². The van der Waals surface area contributed by atoms with Gasteiger partial charge in [-0.25, -0.2) is 15.0 Å². The van der Waals surface area contributed by atoms with Crippen molar-refractivity contribution in [1.82, 2.24) is 19.5 Å². The summed E-state index contributed by atoms with van der Waals surface area (Å²) >= 11 is 5.46. The number of rotatable bonds is 5. The minimum atomic E-state index is 0.625. The van der Waals surface area contributed by atoms with E-state index >= 15 is 0 Å². The highest BCUT2D eigenvalue weighted by atomic mass is 32.1.